The molecule has 3 heterocycles. The highest BCUT2D eigenvalue weighted by atomic mass is 35.5. The zero-order chi connectivity index (χ0) is 15.6. The molecule has 0 amide bonds. The fraction of sp³-hybridized carbons (Fsp3) is 0.312. The maximum atomic E-state index is 6.31. The first-order valence-corrected chi connectivity index (χ1v) is 8.12. The summed E-state index contributed by atoms with van der Waals surface area (Å²) in [7, 11) is 0. The van der Waals surface area contributed by atoms with E-state index < -0.39 is 0 Å². The standard InChI is InChI=1S/C16H17ClN6/c17-12-9-19-16(20-10-4-3-7-18-8-10)21-15(12)14-11-5-1-2-6-13(11)22-23-14/h1-2,5-6,9-10,18H,3-4,7-8H2,(H,22,23)(H,19,20,21)/t10-/m0/s1. The van der Waals surface area contributed by atoms with Gasteiger partial charge in [-0.05, 0) is 25.5 Å². The van der Waals surface area contributed by atoms with E-state index in [0.29, 0.717) is 22.7 Å². The SMILES string of the molecule is Clc1cnc(N[C@H]2CCCNC2)nc1-c1n[nH]c2ccccc12. The number of nitrogens with zero attached hydrogens (tertiary/aromatic N) is 3. The summed E-state index contributed by atoms with van der Waals surface area (Å²) in [5, 5.41) is 15.6. The van der Waals surface area contributed by atoms with Crippen molar-refractivity contribution in [3.05, 3.63) is 35.5 Å². The molecular formula is C16H17ClN6. The third-order valence-electron chi connectivity index (χ3n) is 4.07. The molecule has 7 heteroatoms. The van der Waals surface area contributed by atoms with Crippen molar-refractivity contribution in [3.63, 3.8) is 0 Å². The summed E-state index contributed by atoms with van der Waals surface area (Å²) >= 11 is 6.31. The largest absolute Gasteiger partial charge is 0.350 e. The molecule has 0 bridgehead atoms. The van der Waals surface area contributed by atoms with Crippen LogP contribution in [0, 0.1) is 0 Å². The van der Waals surface area contributed by atoms with Crippen LogP contribution < -0.4 is 10.6 Å². The van der Waals surface area contributed by atoms with E-state index in [-0.39, 0.29) is 0 Å². The quantitative estimate of drug-likeness (QED) is 0.689. The van der Waals surface area contributed by atoms with Crippen molar-refractivity contribution in [2.75, 3.05) is 18.4 Å². The Hall–Kier alpha value is -2.18. The van der Waals surface area contributed by atoms with Crippen molar-refractivity contribution in [2.24, 2.45) is 0 Å². The molecule has 1 aromatic carbocycles. The van der Waals surface area contributed by atoms with E-state index in [4.69, 9.17) is 11.6 Å². The van der Waals surface area contributed by atoms with Crippen LogP contribution in [-0.4, -0.2) is 39.3 Å². The number of hydrogen-bond donors (Lipinski definition) is 3. The molecule has 6 nitrogen and oxygen atoms in total. The van der Waals surface area contributed by atoms with Gasteiger partial charge in [0.25, 0.3) is 0 Å². The van der Waals surface area contributed by atoms with Gasteiger partial charge in [0.2, 0.25) is 5.95 Å². The fourth-order valence-corrected chi connectivity index (χ4v) is 3.08. The average molecular weight is 329 g/mol. The number of halogens is 1. The number of hydrogen-bond acceptors (Lipinski definition) is 5. The van der Waals surface area contributed by atoms with Gasteiger partial charge < -0.3 is 10.6 Å². The number of fused-ring (bicyclic) bond motifs is 1. The second-order valence-corrected chi connectivity index (χ2v) is 6.10. The van der Waals surface area contributed by atoms with Gasteiger partial charge in [-0.15, -0.1) is 0 Å². The maximum absolute atomic E-state index is 6.31. The summed E-state index contributed by atoms with van der Waals surface area (Å²) in [4.78, 5) is 8.90. The average Bonchev–Trinajstić information content (AvgIpc) is 3.01. The predicted molar refractivity (Wildman–Crippen MR) is 91.6 cm³/mol. The summed E-state index contributed by atoms with van der Waals surface area (Å²) in [6.45, 7) is 2.00. The van der Waals surface area contributed by atoms with Crippen molar-refractivity contribution in [2.45, 2.75) is 18.9 Å². The minimum atomic E-state index is 0.341. The van der Waals surface area contributed by atoms with Crippen LogP contribution in [0.5, 0.6) is 0 Å². The predicted octanol–water partition coefficient (Wildman–Crippen LogP) is 2.84. The number of anilines is 1. The lowest BCUT2D eigenvalue weighted by Gasteiger charge is -2.23. The van der Waals surface area contributed by atoms with Gasteiger partial charge in [0, 0.05) is 18.0 Å². The van der Waals surface area contributed by atoms with Crippen LogP contribution in [0.1, 0.15) is 12.8 Å². The number of nitrogens with one attached hydrogen (secondary N) is 3. The molecule has 118 valence electrons. The van der Waals surface area contributed by atoms with E-state index >= 15 is 0 Å². The van der Waals surface area contributed by atoms with Crippen LogP contribution in [0.3, 0.4) is 0 Å². The molecule has 4 rings (SSSR count). The van der Waals surface area contributed by atoms with Crippen molar-refractivity contribution < 1.29 is 0 Å². The van der Waals surface area contributed by atoms with E-state index in [2.05, 4.69) is 30.8 Å². The van der Waals surface area contributed by atoms with E-state index in [1.807, 2.05) is 24.3 Å². The monoisotopic (exact) mass is 328 g/mol. The molecule has 0 unspecified atom stereocenters. The number of para-hydroxylation sites is 1. The Kier molecular flexibility index (Phi) is 3.85. The molecule has 0 aliphatic carbocycles. The van der Waals surface area contributed by atoms with Crippen LogP contribution in [0.2, 0.25) is 5.02 Å². The molecular weight excluding hydrogens is 312 g/mol. The van der Waals surface area contributed by atoms with Gasteiger partial charge in [-0.1, -0.05) is 29.8 Å². The molecule has 0 radical (unpaired) electrons. The fourth-order valence-electron chi connectivity index (χ4n) is 2.90. The van der Waals surface area contributed by atoms with Crippen molar-refractivity contribution in [1.82, 2.24) is 25.5 Å². The van der Waals surface area contributed by atoms with Gasteiger partial charge >= 0.3 is 0 Å². The third-order valence-corrected chi connectivity index (χ3v) is 4.35. The Morgan fingerprint density at radius 3 is 3.00 bits per heavy atom. The first-order chi connectivity index (χ1) is 11.3. The van der Waals surface area contributed by atoms with Crippen molar-refractivity contribution in [1.29, 1.82) is 0 Å². The summed E-state index contributed by atoms with van der Waals surface area (Å²) in [5.41, 5.74) is 2.35. The zero-order valence-corrected chi connectivity index (χ0v) is 13.3. The number of aromatic amines is 1. The topological polar surface area (TPSA) is 78.5 Å². The van der Waals surface area contributed by atoms with Crippen molar-refractivity contribution in [3.8, 4) is 11.4 Å². The summed E-state index contributed by atoms with van der Waals surface area (Å²) < 4.78 is 0. The van der Waals surface area contributed by atoms with E-state index in [1.165, 1.54) is 0 Å². The number of H-pyrrole nitrogens is 1. The Bertz CT molecular complexity index is 824. The summed E-state index contributed by atoms with van der Waals surface area (Å²) in [6, 6.07) is 8.27. The molecule has 1 atom stereocenters. The smallest absolute Gasteiger partial charge is 0.223 e. The van der Waals surface area contributed by atoms with E-state index in [0.717, 1.165) is 42.5 Å². The molecule has 0 saturated carbocycles. The van der Waals surface area contributed by atoms with Crippen LogP contribution in [0.15, 0.2) is 30.5 Å². The summed E-state index contributed by atoms with van der Waals surface area (Å²) in [5.74, 6) is 0.588. The molecule has 1 aliphatic heterocycles. The van der Waals surface area contributed by atoms with Crippen molar-refractivity contribution >= 4 is 28.5 Å². The van der Waals surface area contributed by atoms with Gasteiger partial charge in [0.05, 0.1) is 16.7 Å². The summed E-state index contributed by atoms with van der Waals surface area (Å²) in [6.07, 6.45) is 3.90. The molecule has 2 aromatic heterocycles. The number of benzene rings is 1. The lowest BCUT2D eigenvalue weighted by Crippen LogP contribution is -2.38. The lowest BCUT2D eigenvalue weighted by molar-refractivity contribution is 0.478. The minimum absolute atomic E-state index is 0.341. The minimum Gasteiger partial charge on any atom is -0.350 e. The second kappa shape index (κ2) is 6.14. The highest BCUT2D eigenvalue weighted by Gasteiger charge is 2.17. The van der Waals surface area contributed by atoms with Crippen LogP contribution in [0.4, 0.5) is 5.95 Å². The normalized spacial score (nSPS) is 18.2. The second-order valence-electron chi connectivity index (χ2n) is 5.70. The van der Waals surface area contributed by atoms with Crippen LogP contribution >= 0.6 is 11.6 Å². The van der Waals surface area contributed by atoms with Crippen LogP contribution in [-0.2, 0) is 0 Å². The molecule has 1 aliphatic rings. The van der Waals surface area contributed by atoms with Gasteiger partial charge in [-0.2, -0.15) is 5.10 Å². The maximum Gasteiger partial charge on any atom is 0.223 e. The van der Waals surface area contributed by atoms with Crippen LogP contribution in [0.25, 0.3) is 22.3 Å². The Balaban J connectivity index is 1.69. The van der Waals surface area contributed by atoms with E-state index in [1.54, 1.807) is 6.20 Å². The van der Waals surface area contributed by atoms with Gasteiger partial charge in [-0.25, -0.2) is 9.97 Å². The molecule has 0 spiro atoms. The number of aromatic nitrogens is 4. The molecule has 23 heavy (non-hydrogen) atoms. The van der Waals surface area contributed by atoms with Gasteiger partial charge in [-0.3, -0.25) is 5.10 Å². The first kappa shape index (κ1) is 14.4. The third kappa shape index (κ3) is 2.87. The van der Waals surface area contributed by atoms with Gasteiger partial charge in [0.1, 0.15) is 11.4 Å². The lowest BCUT2D eigenvalue weighted by atomic mass is 10.1. The number of piperidine rings is 1. The Labute approximate surface area is 138 Å². The van der Waals surface area contributed by atoms with Gasteiger partial charge in [0.15, 0.2) is 0 Å². The Morgan fingerprint density at radius 1 is 1.22 bits per heavy atom. The zero-order valence-electron chi connectivity index (χ0n) is 12.5. The molecule has 3 aromatic rings. The molecule has 1 saturated heterocycles. The molecule has 1 fully saturated rings. The first-order valence-electron chi connectivity index (χ1n) is 7.74. The highest BCUT2D eigenvalue weighted by molar-refractivity contribution is 6.33. The van der Waals surface area contributed by atoms with E-state index in [9.17, 15) is 0 Å². The highest BCUT2D eigenvalue weighted by Crippen LogP contribution is 2.30. The molecule has 3 N–H and O–H groups in total. The number of rotatable bonds is 3. The Morgan fingerprint density at radius 2 is 2.13 bits per heavy atom.